The van der Waals surface area contributed by atoms with Crippen LogP contribution in [0.5, 0.6) is 11.5 Å². The van der Waals surface area contributed by atoms with Crippen LogP contribution in [-0.2, 0) is 18.4 Å². The molecular formula is C26H26N4O4S. The fourth-order valence-electron chi connectivity index (χ4n) is 3.28. The molecule has 0 unspecified atom stereocenters. The SMILES string of the molecule is COc1cc(/C=C/C(=O)Nc2ccc(Sc3nccn3C)cc2)ccc1OCc1c(C)noc1C. The van der Waals surface area contributed by atoms with Crippen molar-refractivity contribution < 1.29 is 18.8 Å². The smallest absolute Gasteiger partial charge is 0.248 e. The zero-order chi connectivity index (χ0) is 24.8. The second-order valence-corrected chi connectivity index (χ2v) is 8.81. The lowest BCUT2D eigenvalue weighted by molar-refractivity contribution is -0.111. The van der Waals surface area contributed by atoms with Crippen molar-refractivity contribution >= 4 is 29.4 Å². The molecule has 0 saturated heterocycles. The monoisotopic (exact) mass is 490 g/mol. The first kappa shape index (κ1) is 24.2. The number of hydrogen-bond acceptors (Lipinski definition) is 7. The molecule has 0 radical (unpaired) electrons. The van der Waals surface area contributed by atoms with Gasteiger partial charge in [-0.25, -0.2) is 4.98 Å². The Balaban J connectivity index is 1.34. The summed E-state index contributed by atoms with van der Waals surface area (Å²) >= 11 is 1.56. The number of carbonyl (C=O) groups excluding carboxylic acids is 1. The molecule has 0 fully saturated rings. The first-order valence-electron chi connectivity index (χ1n) is 10.9. The Morgan fingerprint density at radius 3 is 2.63 bits per heavy atom. The number of amides is 1. The summed E-state index contributed by atoms with van der Waals surface area (Å²) in [4.78, 5) is 17.7. The highest BCUT2D eigenvalue weighted by Crippen LogP contribution is 2.30. The molecule has 180 valence electrons. The molecule has 9 heteroatoms. The maximum Gasteiger partial charge on any atom is 0.248 e. The summed E-state index contributed by atoms with van der Waals surface area (Å²) in [6.45, 7) is 4.05. The highest BCUT2D eigenvalue weighted by Gasteiger charge is 2.12. The molecule has 2 aromatic carbocycles. The number of ether oxygens (including phenoxy) is 2. The van der Waals surface area contributed by atoms with Crippen LogP contribution in [0.25, 0.3) is 6.08 Å². The summed E-state index contributed by atoms with van der Waals surface area (Å²) in [5.74, 6) is 1.67. The number of anilines is 1. The van der Waals surface area contributed by atoms with Gasteiger partial charge in [0.2, 0.25) is 5.91 Å². The van der Waals surface area contributed by atoms with Crippen LogP contribution in [0.15, 0.2) is 75.5 Å². The van der Waals surface area contributed by atoms with E-state index in [1.54, 1.807) is 31.1 Å². The van der Waals surface area contributed by atoms with Gasteiger partial charge in [-0.1, -0.05) is 23.0 Å². The Morgan fingerprint density at radius 2 is 1.97 bits per heavy atom. The summed E-state index contributed by atoms with van der Waals surface area (Å²) in [6.07, 6.45) is 6.87. The third kappa shape index (κ3) is 6.13. The zero-order valence-corrected chi connectivity index (χ0v) is 20.8. The van der Waals surface area contributed by atoms with Crippen LogP contribution in [0.1, 0.15) is 22.6 Å². The predicted octanol–water partition coefficient (Wildman–Crippen LogP) is 5.42. The van der Waals surface area contributed by atoms with Crippen molar-refractivity contribution in [3.63, 3.8) is 0 Å². The molecule has 0 aliphatic rings. The number of carbonyl (C=O) groups is 1. The third-order valence-electron chi connectivity index (χ3n) is 5.28. The molecule has 0 saturated carbocycles. The second-order valence-electron chi connectivity index (χ2n) is 7.77. The van der Waals surface area contributed by atoms with Gasteiger partial charge in [-0.15, -0.1) is 0 Å². The van der Waals surface area contributed by atoms with Gasteiger partial charge in [0, 0.05) is 36.1 Å². The van der Waals surface area contributed by atoms with Crippen LogP contribution in [-0.4, -0.2) is 27.7 Å². The molecule has 0 aliphatic heterocycles. The predicted molar refractivity (Wildman–Crippen MR) is 135 cm³/mol. The van der Waals surface area contributed by atoms with E-state index in [1.165, 1.54) is 6.08 Å². The van der Waals surface area contributed by atoms with Gasteiger partial charge in [0.05, 0.1) is 18.4 Å². The highest BCUT2D eigenvalue weighted by molar-refractivity contribution is 7.99. The molecule has 4 aromatic rings. The van der Waals surface area contributed by atoms with Gasteiger partial charge in [-0.05, 0) is 61.9 Å². The number of methoxy groups -OCH3 is 1. The van der Waals surface area contributed by atoms with Gasteiger partial charge in [0.25, 0.3) is 0 Å². The number of rotatable bonds is 9. The average molecular weight is 491 g/mol. The number of nitrogens with one attached hydrogen (secondary N) is 1. The Hall–Kier alpha value is -3.98. The molecule has 8 nitrogen and oxygen atoms in total. The summed E-state index contributed by atoms with van der Waals surface area (Å²) in [7, 11) is 3.53. The van der Waals surface area contributed by atoms with Crippen LogP contribution in [0.4, 0.5) is 5.69 Å². The van der Waals surface area contributed by atoms with E-state index < -0.39 is 0 Å². The van der Waals surface area contributed by atoms with Gasteiger partial charge in [0.1, 0.15) is 12.4 Å². The van der Waals surface area contributed by atoms with Crippen molar-refractivity contribution in [2.24, 2.45) is 7.05 Å². The van der Waals surface area contributed by atoms with Gasteiger partial charge >= 0.3 is 0 Å². The average Bonchev–Trinajstić information content (AvgIpc) is 3.41. The van der Waals surface area contributed by atoms with Crippen molar-refractivity contribution in [1.29, 1.82) is 0 Å². The van der Waals surface area contributed by atoms with Crippen LogP contribution in [0.2, 0.25) is 0 Å². The molecule has 4 rings (SSSR count). The molecule has 0 bridgehead atoms. The van der Waals surface area contributed by atoms with Crippen LogP contribution >= 0.6 is 11.8 Å². The molecular weight excluding hydrogens is 464 g/mol. The fourth-order valence-corrected chi connectivity index (χ4v) is 4.08. The minimum atomic E-state index is -0.229. The van der Waals surface area contributed by atoms with Gasteiger partial charge in [-0.3, -0.25) is 4.79 Å². The van der Waals surface area contributed by atoms with Gasteiger partial charge < -0.3 is 23.9 Å². The Morgan fingerprint density at radius 1 is 1.17 bits per heavy atom. The Kier molecular flexibility index (Phi) is 7.57. The lowest BCUT2D eigenvalue weighted by Crippen LogP contribution is -2.07. The van der Waals surface area contributed by atoms with E-state index in [1.807, 2.05) is 74.1 Å². The topological polar surface area (TPSA) is 91.4 Å². The summed E-state index contributed by atoms with van der Waals surface area (Å²) in [5, 5.41) is 7.71. The fraction of sp³-hybridized carbons (Fsp3) is 0.192. The maximum absolute atomic E-state index is 12.4. The number of aromatic nitrogens is 3. The van der Waals surface area contributed by atoms with Crippen LogP contribution in [0, 0.1) is 13.8 Å². The number of hydrogen-bond donors (Lipinski definition) is 1. The molecule has 35 heavy (non-hydrogen) atoms. The van der Waals surface area contributed by atoms with Crippen molar-refractivity contribution in [2.45, 2.75) is 30.5 Å². The van der Waals surface area contributed by atoms with E-state index in [2.05, 4.69) is 15.5 Å². The standard InChI is InChI=1S/C26H26N4O4S/c1-17-22(18(2)34-29-17)16-33-23-11-5-19(15-24(23)32-4)6-12-25(31)28-20-7-9-21(10-8-20)35-26-27-13-14-30(26)3/h5-15H,16H2,1-4H3,(H,28,31)/b12-6+. The first-order valence-corrected chi connectivity index (χ1v) is 11.7. The minimum absolute atomic E-state index is 0.229. The molecule has 0 atom stereocenters. The number of aryl methyl sites for hydroxylation is 3. The largest absolute Gasteiger partial charge is 0.493 e. The van der Waals surface area contributed by atoms with Gasteiger partial charge in [0.15, 0.2) is 16.7 Å². The summed E-state index contributed by atoms with van der Waals surface area (Å²) in [5.41, 5.74) is 3.23. The van der Waals surface area contributed by atoms with Crippen LogP contribution < -0.4 is 14.8 Å². The Labute approximate surface area is 207 Å². The number of nitrogens with zero attached hydrogens (tertiary/aromatic N) is 3. The van der Waals surface area contributed by atoms with E-state index in [4.69, 9.17) is 14.0 Å². The molecule has 0 spiro atoms. The minimum Gasteiger partial charge on any atom is -0.493 e. The van der Waals surface area contributed by atoms with Crippen LogP contribution in [0.3, 0.4) is 0 Å². The molecule has 2 heterocycles. The second kappa shape index (κ2) is 11.0. The highest BCUT2D eigenvalue weighted by atomic mass is 32.2. The zero-order valence-electron chi connectivity index (χ0n) is 19.9. The quantitative estimate of drug-likeness (QED) is 0.313. The molecule has 1 amide bonds. The van der Waals surface area contributed by atoms with Crippen molar-refractivity contribution in [2.75, 3.05) is 12.4 Å². The van der Waals surface area contributed by atoms with E-state index in [0.29, 0.717) is 23.8 Å². The third-order valence-corrected chi connectivity index (χ3v) is 6.36. The molecule has 0 aliphatic carbocycles. The van der Waals surface area contributed by atoms with E-state index >= 15 is 0 Å². The Bertz CT molecular complexity index is 1320. The van der Waals surface area contributed by atoms with Crippen molar-refractivity contribution in [1.82, 2.24) is 14.7 Å². The molecule has 1 N–H and O–H groups in total. The van der Waals surface area contributed by atoms with E-state index in [9.17, 15) is 4.79 Å². The first-order chi connectivity index (χ1) is 16.9. The summed E-state index contributed by atoms with van der Waals surface area (Å²) < 4.78 is 18.5. The van der Waals surface area contributed by atoms with E-state index in [-0.39, 0.29) is 5.91 Å². The maximum atomic E-state index is 12.4. The van der Waals surface area contributed by atoms with Gasteiger partial charge in [-0.2, -0.15) is 0 Å². The van der Waals surface area contributed by atoms with Crippen molar-refractivity contribution in [3.8, 4) is 11.5 Å². The lowest BCUT2D eigenvalue weighted by atomic mass is 10.2. The lowest BCUT2D eigenvalue weighted by Gasteiger charge is -2.11. The molecule has 2 aromatic heterocycles. The summed E-state index contributed by atoms with van der Waals surface area (Å²) in [6, 6.07) is 13.1. The number of imidazole rings is 1. The number of benzene rings is 2. The van der Waals surface area contributed by atoms with E-state index in [0.717, 1.165) is 32.6 Å². The van der Waals surface area contributed by atoms with Crippen molar-refractivity contribution in [3.05, 3.63) is 83.5 Å². The normalized spacial score (nSPS) is 11.1.